The Morgan fingerprint density at radius 3 is 2.62 bits per heavy atom. The zero-order chi connectivity index (χ0) is 14.4. The smallest absolute Gasteiger partial charge is 0.190 e. The molecule has 3 heterocycles. The molecule has 0 amide bonds. The number of hydrogen-bond donors (Lipinski definition) is 0. The van der Waals surface area contributed by atoms with Crippen LogP contribution in [0.3, 0.4) is 0 Å². The minimum atomic E-state index is -0.626. The standard InChI is InChI=1S/C16H20O5/c1-16(2)20-14-13(18-8-10-6-4-3-5-7-10)12(11-9-17-11)19-15(14)21-16/h3-7,11-15H,8-9H2,1-2H3/t11-,12-,13-,14+,15+/m0/s1/i9+1. The number of epoxide rings is 1. The van der Waals surface area contributed by atoms with Gasteiger partial charge in [-0.15, -0.1) is 0 Å². The Balaban J connectivity index is 1.47. The molecule has 3 aliphatic heterocycles. The second-order valence-corrected chi connectivity index (χ2v) is 6.20. The van der Waals surface area contributed by atoms with Crippen molar-refractivity contribution in [1.29, 1.82) is 0 Å². The fraction of sp³-hybridized carbons (Fsp3) is 0.625. The summed E-state index contributed by atoms with van der Waals surface area (Å²) in [4.78, 5) is 0. The lowest BCUT2D eigenvalue weighted by Crippen LogP contribution is -2.39. The second-order valence-electron chi connectivity index (χ2n) is 6.20. The molecule has 21 heavy (non-hydrogen) atoms. The molecule has 0 aromatic heterocycles. The Labute approximate surface area is 124 Å². The minimum Gasteiger partial charge on any atom is -0.370 e. The first-order valence-corrected chi connectivity index (χ1v) is 7.41. The molecule has 0 bridgehead atoms. The van der Waals surface area contributed by atoms with E-state index >= 15 is 0 Å². The van der Waals surface area contributed by atoms with Crippen molar-refractivity contribution in [2.75, 3.05) is 6.61 Å². The zero-order valence-electron chi connectivity index (χ0n) is 12.2. The lowest BCUT2D eigenvalue weighted by molar-refractivity contribution is -0.221. The van der Waals surface area contributed by atoms with Crippen LogP contribution in [0, 0.1) is 0 Å². The topological polar surface area (TPSA) is 49.5 Å². The summed E-state index contributed by atoms with van der Waals surface area (Å²) in [5, 5.41) is 0. The average molecular weight is 293 g/mol. The van der Waals surface area contributed by atoms with E-state index in [1.165, 1.54) is 0 Å². The fourth-order valence-corrected chi connectivity index (χ4v) is 3.01. The van der Waals surface area contributed by atoms with Crippen molar-refractivity contribution in [3.63, 3.8) is 0 Å². The highest BCUT2D eigenvalue weighted by molar-refractivity contribution is 5.13. The Bertz CT molecular complexity index is 499. The molecule has 5 atom stereocenters. The third-order valence-corrected chi connectivity index (χ3v) is 4.04. The molecule has 1 aromatic rings. The van der Waals surface area contributed by atoms with E-state index in [4.69, 9.17) is 23.7 Å². The van der Waals surface area contributed by atoms with E-state index in [0.29, 0.717) is 6.61 Å². The Morgan fingerprint density at radius 1 is 1.14 bits per heavy atom. The lowest BCUT2D eigenvalue weighted by atomic mass is 10.1. The molecule has 114 valence electrons. The molecule has 5 nitrogen and oxygen atoms in total. The van der Waals surface area contributed by atoms with E-state index in [0.717, 1.165) is 12.2 Å². The van der Waals surface area contributed by atoms with E-state index in [-0.39, 0.29) is 30.7 Å². The Kier molecular flexibility index (Phi) is 3.28. The van der Waals surface area contributed by atoms with Crippen LogP contribution in [0.25, 0.3) is 0 Å². The molecule has 3 saturated heterocycles. The van der Waals surface area contributed by atoms with Gasteiger partial charge in [0.1, 0.15) is 24.4 Å². The first-order valence-electron chi connectivity index (χ1n) is 7.41. The van der Waals surface area contributed by atoms with Crippen molar-refractivity contribution in [3.05, 3.63) is 35.9 Å². The number of ether oxygens (including phenoxy) is 5. The largest absolute Gasteiger partial charge is 0.370 e. The second kappa shape index (κ2) is 5.04. The Morgan fingerprint density at radius 2 is 1.90 bits per heavy atom. The highest BCUT2D eigenvalue weighted by Crippen LogP contribution is 2.42. The summed E-state index contributed by atoms with van der Waals surface area (Å²) in [6.45, 7) is 5.04. The third kappa shape index (κ3) is 2.72. The van der Waals surface area contributed by atoms with Crippen LogP contribution in [-0.4, -0.2) is 43.1 Å². The van der Waals surface area contributed by atoms with Gasteiger partial charge >= 0.3 is 0 Å². The molecular weight excluding hydrogens is 273 g/mol. The molecule has 5 heteroatoms. The predicted molar refractivity (Wildman–Crippen MR) is 73.5 cm³/mol. The summed E-state index contributed by atoms with van der Waals surface area (Å²) in [7, 11) is 0. The van der Waals surface area contributed by atoms with Crippen LogP contribution in [-0.2, 0) is 30.3 Å². The van der Waals surface area contributed by atoms with Crippen molar-refractivity contribution >= 4 is 0 Å². The maximum Gasteiger partial charge on any atom is 0.190 e. The number of hydrogen-bond acceptors (Lipinski definition) is 5. The monoisotopic (exact) mass is 293 g/mol. The Hall–Kier alpha value is -0.980. The van der Waals surface area contributed by atoms with Crippen molar-refractivity contribution < 1.29 is 23.7 Å². The average Bonchev–Trinajstić information content (AvgIpc) is 3.18. The highest BCUT2D eigenvalue weighted by atomic mass is 16.8. The van der Waals surface area contributed by atoms with Gasteiger partial charge in [0.05, 0.1) is 13.2 Å². The van der Waals surface area contributed by atoms with Gasteiger partial charge in [0.15, 0.2) is 12.1 Å². The summed E-state index contributed by atoms with van der Waals surface area (Å²) >= 11 is 0. The van der Waals surface area contributed by atoms with Gasteiger partial charge in [-0.25, -0.2) is 0 Å². The lowest BCUT2D eigenvalue weighted by Gasteiger charge is -2.25. The molecule has 0 aliphatic carbocycles. The molecule has 4 rings (SSSR count). The van der Waals surface area contributed by atoms with Gasteiger partial charge in [0.25, 0.3) is 0 Å². The van der Waals surface area contributed by atoms with Gasteiger partial charge in [-0.2, -0.15) is 0 Å². The zero-order valence-corrected chi connectivity index (χ0v) is 12.2. The normalized spacial score (nSPS) is 40.2. The van der Waals surface area contributed by atoms with Crippen molar-refractivity contribution in [1.82, 2.24) is 0 Å². The van der Waals surface area contributed by atoms with E-state index in [9.17, 15) is 0 Å². The van der Waals surface area contributed by atoms with Crippen LogP contribution in [0.2, 0.25) is 0 Å². The summed E-state index contributed by atoms with van der Waals surface area (Å²) in [6.07, 6.45) is -0.733. The molecule has 1 aromatic carbocycles. The van der Waals surface area contributed by atoms with Crippen molar-refractivity contribution in [2.24, 2.45) is 0 Å². The SMILES string of the molecule is CC1(C)O[C@H]2O[C@@H]([C@@H]3[13CH2]O3)[C@H](OCc3ccccc3)[C@H]2O1. The maximum absolute atomic E-state index is 6.10. The quantitative estimate of drug-likeness (QED) is 0.626. The van der Waals surface area contributed by atoms with Crippen LogP contribution >= 0.6 is 0 Å². The molecule has 0 spiro atoms. The predicted octanol–water partition coefficient (Wildman–Crippen LogP) is 1.85. The van der Waals surface area contributed by atoms with Crippen LogP contribution in [0.15, 0.2) is 30.3 Å². The van der Waals surface area contributed by atoms with E-state index in [1.807, 2.05) is 44.2 Å². The summed E-state index contributed by atoms with van der Waals surface area (Å²) in [5.74, 6) is -0.626. The van der Waals surface area contributed by atoms with Crippen LogP contribution in [0.4, 0.5) is 0 Å². The first-order chi connectivity index (χ1) is 10.1. The van der Waals surface area contributed by atoms with Gasteiger partial charge in [-0.05, 0) is 19.4 Å². The molecule has 0 N–H and O–H groups in total. The molecule has 0 unspecified atom stereocenters. The molecule has 3 fully saturated rings. The molecular formula is C16H20O5. The van der Waals surface area contributed by atoms with E-state index < -0.39 is 5.79 Å². The third-order valence-electron chi connectivity index (χ3n) is 4.04. The van der Waals surface area contributed by atoms with Gasteiger partial charge in [-0.1, -0.05) is 30.3 Å². The number of benzene rings is 1. The maximum atomic E-state index is 6.10. The van der Waals surface area contributed by atoms with Gasteiger partial charge in [0, 0.05) is 0 Å². The minimum absolute atomic E-state index is 0.103. The van der Waals surface area contributed by atoms with Gasteiger partial charge in [-0.3, -0.25) is 0 Å². The molecule has 0 radical (unpaired) electrons. The van der Waals surface area contributed by atoms with Crippen LogP contribution in [0.1, 0.15) is 19.4 Å². The van der Waals surface area contributed by atoms with Crippen molar-refractivity contribution in [2.45, 2.75) is 56.9 Å². The van der Waals surface area contributed by atoms with Crippen LogP contribution < -0.4 is 0 Å². The first kappa shape index (κ1) is 13.7. The summed E-state index contributed by atoms with van der Waals surface area (Å²) in [6, 6.07) is 10.1. The molecule has 3 aliphatic rings. The summed E-state index contributed by atoms with van der Waals surface area (Å²) in [5.41, 5.74) is 1.13. The molecule has 0 saturated carbocycles. The van der Waals surface area contributed by atoms with Crippen molar-refractivity contribution in [3.8, 4) is 0 Å². The van der Waals surface area contributed by atoms with Crippen LogP contribution in [0.5, 0.6) is 0 Å². The number of fused-ring (bicyclic) bond motifs is 1. The highest BCUT2D eigenvalue weighted by Gasteiger charge is 2.59. The fourth-order valence-electron chi connectivity index (χ4n) is 3.01. The van der Waals surface area contributed by atoms with E-state index in [1.54, 1.807) is 0 Å². The van der Waals surface area contributed by atoms with Gasteiger partial charge < -0.3 is 23.7 Å². The summed E-state index contributed by atoms with van der Waals surface area (Å²) < 4.78 is 29.2. The number of rotatable bonds is 4. The van der Waals surface area contributed by atoms with Gasteiger partial charge in [0.2, 0.25) is 0 Å². The van der Waals surface area contributed by atoms with E-state index in [2.05, 4.69) is 0 Å².